The van der Waals surface area contributed by atoms with Gasteiger partial charge < -0.3 is 5.32 Å². The lowest BCUT2D eigenvalue weighted by Crippen LogP contribution is -2.49. The first kappa shape index (κ1) is 14.3. The number of likely N-dealkylation sites (tertiary alicyclic amines) is 1. The van der Waals surface area contributed by atoms with Crippen LogP contribution in [-0.4, -0.2) is 36.1 Å². The zero-order valence-electron chi connectivity index (χ0n) is 12.6. The second-order valence-electron chi connectivity index (χ2n) is 6.95. The molecule has 0 aromatic heterocycles. The Kier molecular flexibility index (Phi) is 5.50. The van der Waals surface area contributed by atoms with Gasteiger partial charge in [-0.25, -0.2) is 0 Å². The summed E-state index contributed by atoms with van der Waals surface area (Å²) in [6.45, 7) is 9.72. The second kappa shape index (κ2) is 6.91. The molecule has 0 amide bonds. The third-order valence-electron chi connectivity index (χ3n) is 4.53. The highest BCUT2D eigenvalue weighted by molar-refractivity contribution is 4.89. The molecule has 2 rings (SSSR count). The molecule has 2 aliphatic rings. The number of hydrogen-bond donors (Lipinski definition) is 1. The molecule has 2 heteroatoms. The third-order valence-corrected chi connectivity index (χ3v) is 4.53. The summed E-state index contributed by atoms with van der Waals surface area (Å²) in [6, 6.07) is 2.43. The van der Waals surface area contributed by atoms with Gasteiger partial charge in [0.25, 0.3) is 0 Å². The molecule has 2 atom stereocenters. The average Bonchev–Trinajstić information content (AvgIpc) is 3.13. The first-order valence-corrected chi connectivity index (χ1v) is 8.15. The number of nitrogens with zero attached hydrogens (tertiary/aromatic N) is 1. The zero-order valence-corrected chi connectivity index (χ0v) is 12.6. The molecule has 2 unspecified atom stereocenters. The lowest BCUT2D eigenvalue weighted by molar-refractivity contribution is 0.136. The maximum absolute atomic E-state index is 3.81. The molecule has 1 aliphatic heterocycles. The van der Waals surface area contributed by atoms with Gasteiger partial charge in [-0.3, -0.25) is 4.90 Å². The smallest absolute Gasteiger partial charge is 0.0198 e. The monoisotopic (exact) mass is 252 g/mol. The van der Waals surface area contributed by atoms with Crippen molar-refractivity contribution >= 4 is 0 Å². The Morgan fingerprint density at radius 3 is 2.50 bits per heavy atom. The summed E-state index contributed by atoms with van der Waals surface area (Å²) >= 11 is 0. The van der Waals surface area contributed by atoms with E-state index in [1.165, 1.54) is 58.0 Å². The van der Waals surface area contributed by atoms with Crippen LogP contribution in [0.4, 0.5) is 0 Å². The fraction of sp³-hybridized carbons (Fsp3) is 1.00. The van der Waals surface area contributed by atoms with Crippen molar-refractivity contribution in [1.82, 2.24) is 10.2 Å². The first-order valence-electron chi connectivity index (χ1n) is 8.15. The Morgan fingerprint density at radius 2 is 1.83 bits per heavy atom. The van der Waals surface area contributed by atoms with Crippen molar-refractivity contribution < 1.29 is 0 Å². The van der Waals surface area contributed by atoms with E-state index < -0.39 is 0 Å². The normalized spacial score (nSPS) is 27.7. The highest BCUT2D eigenvalue weighted by Crippen LogP contribution is 2.23. The molecule has 0 radical (unpaired) electrons. The number of hydrogen-bond acceptors (Lipinski definition) is 2. The van der Waals surface area contributed by atoms with Crippen LogP contribution in [0.25, 0.3) is 0 Å². The summed E-state index contributed by atoms with van der Waals surface area (Å²) in [7, 11) is 0. The number of rotatable bonds is 7. The van der Waals surface area contributed by atoms with Crippen molar-refractivity contribution in [3.05, 3.63) is 0 Å². The molecule has 106 valence electrons. The van der Waals surface area contributed by atoms with Gasteiger partial charge in [-0.15, -0.1) is 0 Å². The van der Waals surface area contributed by atoms with Gasteiger partial charge in [-0.2, -0.15) is 0 Å². The molecular formula is C16H32N2. The van der Waals surface area contributed by atoms with Crippen LogP contribution in [0.5, 0.6) is 0 Å². The first-order chi connectivity index (χ1) is 8.65. The molecule has 1 aliphatic carbocycles. The summed E-state index contributed by atoms with van der Waals surface area (Å²) in [5.74, 6) is 0.864. The van der Waals surface area contributed by atoms with Gasteiger partial charge in [0.05, 0.1) is 0 Å². The topological polar surface area (TPSA) is 15.3 Å². The Labute approximate surface area is 114 Å². The molecule has 1 saturated heterocycles. The van der Waals surface area contributed by atoms with Crippen LogP contribution in [0.1, 0.15) is 65.7 Å². The van der Waals surface area contributed by atoms with Crippen molar-refractivity contribution in [2.24, 2.45) is 5.92 Å². The van der Waals surface area contributed by atoms with Gasteiger partial charge in [0.1, 0.15) is 0 Å². The minimum absolute atomic E-state index is 0.777. The Hall–Kier alpha value is -0.0800. The minimum atomic E-state index is 0.777. The zero-order chi connectivity index (χ0) is 13.0. The predicted octanol–water partition coefficient (Wildman–Crippen LogP) is 3.42. The maximum Gasteiger partial charge on any atom is 0.0198 e. The average molecular weight is 252 g/mol. The second-order valence-corrected chi connectivity index (χ2v) is 6.95. The molecule has 0 aromatic carbocycles. The van der Waals surface area contributed by atoms with Crippen LogP contribution in [-0.2, 0) is 0 Å². The van der Waals surface area contributed by atoms with E-state index in [-0.39, 0.29) is 0 Å². The van der Waals surface area contributed by atoms with E-state index in [0.717, 1.165) is 24.0 Å². The van der Waals surface area contributed by atoms with Crippen LogP contribution >= 0.6 is 0 Å². The molecule has 0 bridgehead atoms. The number of piperidine rings is 1. The third kappa shape index (κ3) is 4.89. The Morgan fingerprint density at radius 1 is 1.06 bits per heavy atom. The van der Waals surface area contributed by atoms with E-state index in [1.807, 2.05) is 0 Å². The van der Waals surface area contributed by atoms with Crippen LogP contribution < -0.4 is 5.32 Å². The lowest BCUT2D eigenvalue weighted by Gasteiger charge is -2.37. The fourth-order valence-corrected chi connectivity index (χ4v) is 3.13. The van der Waals surface area contributed by atoms with Gasteiger partial charge in [0.15, 0.2) is 0 Å². The predicted molar refractivity (Wildman–Crippen MR) is 78.9 cm³/mol. The summed E-state index contributed by atoms with van der Waals surface area (Å²) in [5.41, 5.74) is 0. The van der Waals surface area contributed by atoms with E-state index >= 15 is 0 Å². The fourth-order valence-electron chi connectivity index (χ4n) is 3.13. The number of nitrogens with one attached hydrogen (secondary N) is 1. The highest BCUT2D eigenvalue weighted by atomic mass is 15.2. The minimum Gasteiger partial charge on any atom is -0.310 e. The van der Waals surface area contributed by atoms with E-state index in [2.05, 4.69) is 31.0 Å². The standard InChI is InChI=1S/C16H32N2/c1-13(2)6-4-7-14(3)18-11-5-8-16(12-18)17-15-9-10-15/h13-17H,4-12H2,1-3H3. The van der Waals surface area contributed by atoms with Crippen molar-refractivity contribution in [2.75, 3.05) is 13.1 Å². The largest absolute Gasteiger partial charge is 0.310 e. The molecule has 1 heterocycles. The summed E-state index contributed by atoms with van der Waals surface area (Å²) in [4.78, 5) is 2.73. The van der Waals surface area contributed by atoms with Crippen LogP contribution in [0.2, 0.25) is 0 Å². The van der Waals surface area contributed by atoms with Crippen molar-refractivity contribution in [1.29, 1.82) is 0 Å². The van der Waals surface area contributed by atoms with Gasteiger partial charge in [-0.05, 0) is 51.5 Å². The molecular weight excluding hydrogens is 220 g/mol. The van der Waals surface area contributed by atoms with Crippen LogP contribution in [0.3, 0.4) is 0 Å². The van der Waals surface area contributed by atoms with E-state index in [1.54, 1.807) is 0 Å². The molecule has 2 fully saturated rings. The van der Waals surface area contributed by atoms with Crippen molar-refractivity contribution in [3.8, 4) is 0 Å². The van der Waals surface area contributed by atoms with Gasteiger partial charge in [-0.1, -0.05) is 26.7 Å². The van der Waals surface area contributed by atoms with Crippen LogP contribution in [0, 0.1) is 5.92 Å². The molecule has 2 nitrogen and oxygen atoms in total. The molecule has 1 saturated carbocycles. The van der Waals surface area contributed by atoms with E-state index in [4.69, 9.17) is 0 Å². The van der Waals surface area contributed by atoms with Gasteiger partial charge in [0, 0.05) is 24.7 Å². The SMILES string of the molecule is CC(C)CCCC(C)N1CCCC(NC2CC2)C1. The van der Waals surface area contributed by atoms with Crippen molar-refractivity contribution in [2.45, 2.75) is 83.8 Å². The van der Waals surface area contributed by atoms with E-state index in [0.29, 0.717) is 0 Å². The molecule has 1 N–H and O–H groups in total. The highest BCUT2D eigenvalue weighted by Gasteiger charge is 2.28. The van der Waals surface area contributed by atoms with E-state index in [9.17, 15) is 0 Å². The van der Waals surface area contributed by atoms with Gasteiger partial charge >= 0.3 is 0 Å². The van der Waals surface area contributed by atoms with Gasteiger partial charge in [0.2, 0.25) is 0 Å². The molecule has 0 aromatic rings. The lowest BCUT2D eigenvalue weighted by atomic mass is 9.99. The quantitative estimate of drug-likeness (QED) is 0.747. The molecule has 0 spiro atoms. The summed E-state index contributed by atoms with van der Waals surface area (Å²) in [5, 5.41) is 3.81. The molecule has 18 heavy (non-hydrogen) atoms. The summed E-state index contributed by atoms with van der Waals surface area (Å²) in [6.07, 6.45) is 9.79. The van der Waals surface area contributed by atoms with Crippen molar-refractivity contribution in [3.63, 3.8) is 0 Å². The maximum atomic E-state index is 3.81. The Bertz CT molecular complexity index is 235. The summed E-state index contributed by atoms with van der Waals surface area (Å²) < 4.78 is 0. The van der Waals surface area contributed by atoms with Crippen LogP contribution in [0.15, 0.2) is 0 Å². The Balaban J connectivity index is 1.66.